The molecule has 0 spiro atoms. The van der Waals surface area contributed by atoms with Crippen LogP contribution in [0.4, 0.5) is 36.0 Å². The molecule has 0 bridgehead atoms. The summed E-state index contributed by atoms with van der Waals surface area (Å²) in [4.78, 5) is 53.4. The van der Waals surface area contributed by atoms with Gasteiger partial charge in [0.05, 0.1) is 5.92 Å². The Morgan fingerprint density at radius 2 is 0.933 bits per heavy atom. The first-order valence-electron chi connectivity index (χ1n) is 7.15. The lowest BCUT2D eigenvalue weighted by molar-refractivity contribution is -0.518. The number of Topliss-reactive ketones (excluding diaryl/α,β-unsaturated/α-hetero) is 4. The Morgan fingerprint density at radius 3 is 0.933 bits per heavy atom. The van der Waals surface area contributed by atoms with Gasteiger partial charge in [0, 0.05) is 6.92 Å². The first kappa shape index (κ1) is 41.9. The van der Waals surface area contributed by atoms with E-state index in [0.717, 1.165) is 27.7 Å². The highest BCUT2D eigenvalue weighted by Crippen LogP contribution is 2.16. The summed E-state index contributed by atoms with van der Waals surface area (Å²) < 4.78 is 64.7. The molecule has 0 N–H and O–H groups in total. The van der Waals surface area contributed by atoms with Crippen molar-refractivity contribution in [3.63, 3.8) is 0 Å². The number of carbonyl (C=O) groups excluding carboxylic acids is 5. The molecule has 0 aromatic rings. The normalized spacial score (nSPS) is 9.53. The van der Waals surface area contributed by atoms with Crippen LogP contribution in [0, 0.1) is 5.92 Å². The molecule has 0 rings (SSSR count). The lowest BCUT2D eigenvalue weighted by atomic mass is 10.0. The van der Waals surface area contributed by atoms with E-state index in [1.165, 1.54) is 13.8 Å². The maximum Gasteiger partial charge on any atom is 0.547 e. The summed E-state index contributed by atoms with van der Waals surface area (Å²) in [6, 6.07) is -1.33. The molecule has 0 saturated heterocycles. The molecule has 0 atom stereocenters. The van der Waals surface area contributed by atoms with Gasteiger partial charge in [-0.1, -0.05) is 9.88 Å². The van der Waals surface area contributed by atoms with Crippen LogP contribution in [0.5, 0.6) is 0 Å². The number of carbonyl (C=O) groups is 5. The van der Waals surface area contributed by atoms with Gasteiger partial charge in [-0.25, -0.2) is 4.39 Å². The van der Waals surface area contributed by atoms with Gasteiger partial charge < -0.3 is 0 Å². The fourth-order valence-corrected chi connectivity index (χ4v) is 0.546. The first-order chi connectivity index (χ1) is 12.3. The van der Waals surface area contributed by atoms with E-state index in [1.807, 2.05) is 0 Å². The third-order valence-electron chi connectivity index (χ3n) is 2.72. The lowest BCUT2D eigenvalue weighted by Crippen LogP contribution is -2.35. The van der Waals surface area contributed by atoms with Crippen molar-refractivity contribution in [1.82, 2.24) is 0 Å². The van der Waals surface area contributed by atoms with Crippen LogP contribution in [-0.4, -0.2) is 41.1 Å². The second kappa shape index (κ2) is 20.0. The predicted octanol–water partition coefficient (Wildman–Crippen LogP) is 3.84. The summed E-state index contributed by atoms with van der Waals surface area (Å²) in [5.74, 6) is -2.00. The summed E-state index contributed by atoms with van der Waals surface area (Å²) in [6.07, 6.45) is -4.75. The van der Waals surface area contributed by atoms with Crippen molar-refractivity contribution in [2.24, 2.45) is 5.92 Å². The average Bonchev–Trinajstić information content (AvgIpc) is 2.54. The monoisotopic (exact) mass is 468 g/mol. The van der Waals surface area contributed by atoms with Crippen LogP contribution in [0.2, 0.25) is 0 Å². The molecule has 182 valence electrons. The van der Waals surface area contributed by atoms with Gasteiger partial charge in [-0.2, -0.15) is 4.39 Å². The Hall–Kier alpha value is -2.29. The molecule has 0 saturated carbocycles. The third-order valence-corrected chi connectivity index (χ3v) is 2.72. The fraction of sp³-hybridized carbons (Fsp3) is 0.667. The molecule has 0 aliphatic carbocycles. The van der Waals surface area contributed by atoms with E-state index in [4.69, 9.17) is 4.79 Å². The summed E-state index contributed by atoms with van der Waals surface area (Å²) in [7, 11) is 0. The molecular formula is C15H24F8O7. The smallest absolute Gasteiger partial charge is 0.299 e. The fourth-order valence-electron chi connectivity index (χ4n) is 0.546. The van der Waals surface area contributed by atoms with Gasteiger partial charge in [0.2, 0.25) is 5.67 Å². The number of ketones is 4. The van der Waals surface area contributed by atoms with Crippen molar-refractivity contribution >= 4 is 29.2 Å². The number of halogens is 8. The topological polar surface area (TPSA) is 104 Å². The number of hydrogen-bond acceptors (Lipinski definition) is 7. The van der Waals surface area contributed by atoms with Gasteiger partial charge in [0.15, 0.2) is 11.6 Å². The maximum absolute atomic E-state index is 12.6. The van der Waals surface area contributed by atoms with Crippen LogP contribution in [-0.2, 0) is 33.9 Å². The molecule has 0 amide bonds. The third kappa shape index (κ3) is 27.9. The Morgan fingerprint density at radius 1 is 0.733 bits per heavy atom. The van der Waals surface area contributed by atoms with E-state index in [2.05, 4.69) is 0 Å². The number of alkyl halides is 3. The predicted molar refractivity (Wildman–Crippen MR) is 87.5 cm³/mol. The molecule has 30 heavy (non-hydrogen) atoms. The van der Waals surface area contributed by atoms with Crippen LogP contribution >= 0.6 is 0 Å². The van der Waals surface area contributed by atoms with Crippen LogP contribution in [0.25, 0.3) is 0 Å². The van der Waals surface area contributed by atoms with Crippen LogP contribution in [0.15, 0.2) is 0 Å². The summed E-state index contributed by atoms with van der Waals surface area (Å²) >= 11 is 0. The van der Waals surface area contributed by atoms with E-state index < -0.39 is 35.5 Å². The molecule has 0 heterocycles. The number of rotatable bonds is 6. The second-order valence-corrected chi connectivity index (χ2v) is 5.15. The second-order valence-electron chi connectivity index (χ2n) is 5.15. The zero-order chi connectivity index (χ0) is 23.9. The summed E-state index contributed by atoms with van der Waals surface area (Å²) in [6.45, 7) is 8.41. The summed E-state index contributed by atoms with van der Waals surface area (Å²) in [5, 5.41) is 0. The quantitative estimate of drug-likeness (QED) is 0.253. The minimum Gasteiger partial charge on any atom is -0.299 e. The molecule has 0 aromatic carbocycles. The van der Waals surface area contributed by atoms with Gasteiger partial charge >= 0.3 is 6.29 Å². The van der Waals surface area contributed by atoms with Gasteiger partial charge in [0.25, 0.3) is 6.04 Å². The first-order valence-corrected chi connectivity index (χ1v) is 7.15. The Balaban J connectivity index is -0.0000000645. The van der Waals surface area contributed by atoms with E-state index in [-0.39, 0.29) is 21.0 Å². The average molecular weight is 468 g/mol. The number of hydrogen-bond donors (Lipinski definition) is 0. The molecule has 0 aromatic heterocycles. The van der Waals surface area contributed by atoms with Crippen molar-refractivity contribution in [1.29, 1.82) is 0 Å². The molecule has 0 fully saturated rings. The van der Waals surface area contributed by atoms with E-state index in [1.54, 1.807) is 16.8 Å². The van der Waals surface area contributed by atoms with E-state index in [0.29, 0.717) is 0 Å². The van der Waals surface area contributed by atoms with Crippen LogP contribution in [0.1, 0.15) is 48.5 Å². The van der Waals surface area contributed by atoms with E-state index >= 15 is 0 Å². The highest BCUT2D eigenvalue weighted by molar-refractivity contribution is 6.07. The van der Waals surface area contributed by atoms with E-state index in [9.17, 15) is 45.8 Å². The van der Waals surface area contributed by atoms with Crippen molar-refractivity contribution < 1.29 is 69.9 Å². The Labute approximate surface area is 166 Å². The molecule has 7 nitrogen and oxygen atoms in total. The van der Waals surface area contributed by atoms with Crippen LogP contribution in [0.3, 0.4) is 0 Å². The SMILES string of the molecule is CC(=O)C(C)(F)C(C)=O.CC(=O)C(C)C(C)=O.CC(=O)F.F.F.FOC(F)(F)OF. The molecule has 0 aliphatic heterocycles. The minimum atomic E-state index is -4.75. The van der Waals surface area contributed by atoms with Gasteiger partial charge in [0.1, 0.15) is 11.6 Å². The largest absolute Gasteiger partial charge is 0.547 e. The van der Waals surface area contributed by atoms with Gasteiger partial charge in [-0.3, -0.25) is 33.4 Å². The van der Waals surface area contributed by atoms with Crippen molar-refractivity contribution in [3.8, 4) is 0 Å². The maximum atomic E-state index is 12.6. The molecule has 0 unspecified atom stereocenters. The highest BCUT2D eigenvalue weighted by atomic mass is 19.4. The minimum absolute atomic E-state index is 0. The van der Waals surface area contributed by atoms with Gasteiger partial charge in [-0.15, -0.1) is 8.78 Å². The van der Waals surface area contributed by atoms with Crippen molar-refractivity contribution in [2.45, 2.75) is 60.4 Å². The summed E-state index contributed by atoms with van der Waals surface area (Å²) in [5.41, 5.74) is -2.28. The molecule has 0 aliphatic rings. The molecule has 0 radical (unpaired) electrons. The van der Waals surface area contributed by atoms with Gasteiger partial charge in [-0.05, 0) is 50.6 Å². The van der Waals surface area contributed by atoms with Crippen molar-refractivity contribution in [2.75, 3.05) is 0 Å². The van der Waals surface area contributed by atoms with Crippen LogP contribution < -0.4 is 0 Å². The molecular weight excluding hydrogens is 444 g/mol. The highest BCUT2D eigenvalue weighted by Gasteiger charge is 2.35. The zero-order valence-corrected chi connectivity index (χ0v) is 17.0. The standard InChI is InChI=1S/C6H9FO2.C6H10O2.C2H3FO.CF4O2.2FH/c1-4(8)6(3,7)5(2)9;1-4(5(2)7)6(3)8;1-2(3)4;2-1(3,6-4)7-5;;/h1-3H3;4H,1-3H3;1H3;;2*1H. The Kier molecular flexibility index (Phi) is 28.0. The Bertz CT molecular complexity index is 499. The molecule has 15 heteroatoms. The zero-order valence-electron chi connectivity index (χ0n) is 17.0. The van der Waals surface area contributed by atoms with Crippen molar-refractivity contribution in [3.05, 3.63) is 0 Å². The lowest BCUT2D eigenvalue weighted by Gasteiger charge is -2.10.